The van der Waals surface area contributed by atoms with Gasteiger partial charge in [-0.1, -0.05) is 43.7 Å². The maximum Gasteiger partial charge on any atom is 0.317 e. The summed E-state index contributed by atoms with van der Waals surface area (Å²) in [5.41, 5.74) is 1.85. The monoisotopic (exact) mass is 330 g/mol. The van der Waals surface area contributed by atoms with Crippen LogP contribution in [0.1, 0.15) is 24.5 Å². The molecule has 0 unspecified atom stereocenters. The normalized spacial score (nSPS) is 10.2. The van der Waals surface area contributed by atoms with E-state index in [0.29, 0.717) is 24.3 Å². The molecule has 0 heterocycles. The van der Waals surface area contributed by atoms with Crippen LogP contribution < -0.4 is 15.4 Å². The highest BCUT2D eigenvalue weighted by Gasteiger charge is 2.03. The minimum Gasteiger partial charge on any atom is -0.473 e. The first kappa shape index (κ1) is 17.8. The second-order valence-electron chi connectivity index (χ2n) is 5.46. The molecule has 2 rings (SSSR count). The highest BCUT2D eigenvalue weighted by molar-refractivity contribution is 5.73. The van der Waals surface area contributed by atoms with E-state index in [2.05, 4.69) is 17.6 Å². The molecule has 5 heteroatoms. The average Bonchev–Trinajstić information content (AvgIpc) is 2.58. The van der Waals surface area contributed by atoms with Crippen molar-refractivity contribution in [2.24, 2.45) is 0 Å². The summed E-state index contributed by atoms with van der Waals surface area (Å²) < 4.78 is 18.9. The maximum absolute atomic E-state index is 13.4. The lowest BCUT2D eigenvalue weighted by molar-refractivity contribution is 0.224. The van der Waals surface area contributed by atoms with E-state index in [0.717, 1.165) is 12.8 Å². The summed E-state index contributed by atoms with van der Waals surface area (Å²) in [6.07, 6.45) is 2.59. The van der Waals surface area contributed by atoms with Gasteiger partial charge in [0.1, 0.15) is 11.6 Å². The Balaban J connectivity index is 1.63. The van der Waals surface area contributed by atoms with Crippen LogP contribution in [0.4, 0.5) is 9.18 Å². The van der Waals surface area contributed by atoms with E-state index in [4.69, 9.17) is 4.74 Å². The lowest BCUT2D eigenvalue weighted by Crippen LogP contribution is -2.38. The summed E-state index contributed by atoms with van der Waals surface area (Å²) in [5.74, 6) is 0.455. The molecule has 0 saturated carbocycles. The van der Waals surface area contributed by atoms with Crippen molar-refractivity contribution in [2.75, 3.05) is 13.3 Å². The minimum absolute atomic E-state index is 0.0820. The van der Waals surface area contributed by atoms with Crippen LogP contribution in [0, 0.1) is 5.82 Å². The fraction of sp³-hybridized carbons (Fsp3) is 0.316. The van der Waals surface area contributed by atoms with Crippen molar-refractivity contribution < 1.29 is 13.9 Å². The van der Waals surface area contributed by atoms with Crippen LogP contribution in [-0.4, -0.2) is 19.3 Å². The van der Waals surface area contributed by atoms with Crippen molar-refractivity contribution in [3.8, 4) is 5.75 Å². The topological polar surface area (TPSA) is 50.4 Å². The van der Waals surface area contributed by atoms with Gasteiger partial charge >= 0.3 is 6.03 Å². The zero-order chi connectivity index (χ0) is 17.2. The number of nitrogens with one attached hydrogen (secondary N) is 2. The summed E-state index contributed by atoms with van der Waals surface area (Å²) in [7, 11) is 0. The molecule has 0 saturated heterocycles. The van der Waals surface area contributed by atoms with E-state index in [1.807, 2.05) is 24.3 Å². The molecule has 2 aromatic rings. The fourth-order valence-electron chi connectivity index (χ4n) is 2.30. The number of carbonyl (C=O) groups excluding carboxylic acids is 1. The van der Waals surface area contributed by atoms with Crippen LogP contribution in [0.3, 0.4) is 0 Å². The molecule has 4 nitrogen and oxygen atoms in total. The largest absolute Gasteiger partial charge is 0.473 e. The third-order valence-corrected chi connectivity index (χ3v) is 3.57. The predicted molar refractivity (Wildman–Crippen MR) is 92.6 cm³/mol. The Hall–Kier alpha value is -2.56. The van der Waals surface area contributed by atoms with Gasteiger partial charge in [0, 0.05) is 6.54 Å². The minimum atomic E-state index is -0.339. The smallest absolute Gasteiger partial charge is 0.317 e. The molecule has 2 N–H and O–H groups in total. The van der Waals surface area contributed by atoms with Crippen LogP contribution in [-0.2, 0) is 12.8 Å². The number of hydrogen-bond donors (Lipinski definition) is 2. The standard InChI is InChI=1S/C19H23FN2O2/c1-2-5-15-8-10-17(11-9-15)24-14-22-19(23)21-13-12-16-6-3-4-7-18(16)20/h3-4,6-11H,2,5,12-14H2,1H3,(H2,21,22,23). The highest BCUT2D eigenvalue weighted by Crippen LogP contribution is 2.12. The predicted octanol–water partition coefficient (Wildman–Crippen LogP) is 3.66. The molecule has 0 atom stereocenters. The Bertz CT molecular complexity index is 644. The third kappa shape index (κ3) is 5.91. The van der Waals surface area contributed by atoms with E-state index < -0.39 is 0 Å². The molecule has 0 radical (unpaired) electrons. The average molecular weight is 330 g/mol. The van der Waals surface area contributed by atoms with E-state index in [-0.39, 0.29) is 18.6 Å². The zero-order valence-corrected chi connectivity index (χ0v) is 13.8. The fourth-order valence-corrected chi connectivity index (χ4v) is 2.30. The zero-order valence-electron chi connectivity index (χ0n) is 13.8. The molecular weight excluding hydrogens is 307 g/mol. The number of halogens is 1. The molecule has 0 aromatic heterocycles. The van der Waals surface area contributed by atoms with Gasteiger partial charge in [0.2, 0.25) is 0 Å². The number of ether oxygens (including phenoxy) is 1. The molecular formula is C19H23FN2O2. The van der Waals surface area contributed by atoms with Gasteiger partial charge in [-0.05, 0) is 42.2 Å². The van der Waals surface area contributed by atoms with Crippen molar-refractivity contribution in [1.82, 2.24) is 10.6 Å². The molecule has 0 bridgehead atoms. The summed E-state index contributed by atoms with van der Waals surface area (Å²) in [6.45, 7) is 2.58. The van der Waals surface area contributed by atoms with E-state index in [1.54, 1.807) is 18.2 Å². The van der Waals surface area contributed by atoms with Gasteiger partial charge in [-0.15, -0.1) is 0 Å². The van der Waals surface area contributed by atoms with E-state index in [1.165, 1.54) is 11.6 Å². The van der Waals surface area contributed by atoms with Crippen molar-refractivity contribution in [3.05, 3.63) is 65.5 Å². The van der Waals surface area contributed by atoms with Crippen molar-refractivity contribution >= 4 is 6.03 Å². The lowest BCUT2D eigenvalue weighted by Gasteiger charge is -2.10. The number of carbonyl (C=O) groups is 1. The van der Waals surface area contributed by atoms with Crippen molar-refractivity contribution in [2.45, 2.75) is 26.2 Å². The highest BCUT2D eigenvalue weighted by atomic mass is 19.1. The van der Waals surface area contributed by atoms with E-state index >= 15 is 0 Å². The first-order valence-corrected chi connectivity index (χ1v) is 8.16. The Morgan fingerprint density at radius 3 is 2.50 bits per heavy atom. The number of urea groups is 1. The first-order chi connectivity index (χ1) is 11.7. The number of amides is 2. The Morgan fingerprint density at radius 1 is 1.04 bits per heavy atom. The molecule has 128 valence electrons. The molecule has 24 heavy (non-hydrogen) atoms. The Morgan fingerprint density at radius 2 is 1.79 bits per heavy atom. The molecule has 2 aromatic carbocycles. The molecule has 0 aliphatic heterocycles. The first-order valence-electron chi connectivity index (χ1n) is 8.16. The maximum atomic E-state index is 13.4. The van der Waals surface area contributed by atoms with Gasteiger partial charge in [-0.3, -0.25) is 0 Å². The number of aryl methyl sites for hydroxylation is 1. The van der Waals surface area contributed by atoms with Gasteiger partial charge in [-0.25, -0.2) is 9.18 Å². The van der Waals surface area contributed by atoms with Gasteiger partial charge in [0.25, 0.3) is 0 Å². The van der Waals surface area contributed by atoms with Crippen LogP contribution in [0.25, 0.3) is 0 Å². The number of hydrogen-bond acceptors (Lipinski definition) is 2. The second kappa shape index (κ2) is 9.55. The van der Waals surface area contributed by atoms with Gasteiger partial charge in [0.15, 0.2) is 6.73 Å². The second-order valence-corrected chi connectivity index (χ2v) is 5.46. The van der Waals surface area contributed by atoms with Gasteiger partial charge in [0.05, 0.1) is 0 Å². The summed E-state index contributed by atoms with van der Waals surface area (Å²) in [6, 6.07) is 14.0. The SMILES string of the molecule is CCCc1ccc(OCNC(=O)NCCc2ccccc2F)cc1. The molecule has 0 fully saturated rings. The summed E-state index contributed by atoms with van der Waals surface area (Å²) in [5, 5.41) is 5.28. The third-order valence-electron chi connectivity index (χ3n) is 3.57. The van der Waals surface area contributed by atoms with Gasteiger partial charge in [-0.2, -0.15) is 0 Å². The molecule has 0 aliphatic carbocycles. The van der Waals surface area contributed by atoms with Gasteiger partial charge < -0.3 is 15.4 Å². The van der Waals surface area contributed by atoms with Crippen LogP contribution in [0.15, 0.2) is 48.5 Å². The van der Waals surface area contributed by atoms with Crippen LogP contribution in [0.2, 0.25) is 0 Å². The molecule has 2 amide bonds. The summed E-state index contributed by atoms with van der Waals surface area (Å²) in [4.78, 5) is 11.7. The molecule has 0 spiro atoms. The van der Waals surface area contributed by atoms with Crippen LogP contribution >= 0.6 is 0 Å². The number of benzene rings is 2. The number of rotatable bonds is 8. The lowest BCUT2D eigenvalue weighted by atomic mass is 10.1. The molecule has 0 aliphatic rings. The van der Waals surface area contributed by atoms with Crippen LogP contribution in [0.5, 0.6) is 5.75 Å². The quantitative estimate of drug-likeness (QED) is 0.726. The van der Waals surface area contributed by atoms with Crippen molar-refractivity contribution in [1.29, 1.82) is 0 Å². The van der Waals surface area contributed by atoms with Crippen molar-refractivity contribution in [3.63, 3.8) is 0 Å². The Kier molecular flexibility index (Phi) is 7.08. The summed E-state index contributed by atoms with van der Waals surface area (Å²) >= 11 is 0. The van der Waals surface area contributed by atoms with E-state index in [9.17, 15) is 9.18 Å². The Labute approximate surface area is 142 Å².